The Morgan fingerprint density at radius 2 is 1.88 bits per heavy atom. The Morgan fingerprint density at radius 1 is 1.18 bits per heavy atom. The van der Waals surface area contributed by atoms with Gasteiger partial charge in [-0.1, -0.05) is 6.92 Å². The summed E-state index contributed by atoms with van der Waals surface area (Å²) in [6, 6.07) is 7.33. The van der Waals surface area contributed by atoms with E-state index in [-0.39, 0.29) is 48.1 Å². The molecule has 2 aromatic heterocycles. The van der Waals surface area contributed by atoms with Gasteiger partial charge >= 0.3 is 12.2 Å². The van der Waals surface area contributed by atoms with Crippen LogP contribution in [0.3, 0.4) is 0 Å². The first-order valence-electron chi connectivity index (χ1n) is 15.5. The summed E-state index contributed by atoms with van der Waals surface area (Å²) in [5.41, 5.74) is 0.112. The second-order valence-corrected chi connectivity index (χ2v) is 11.8. The number of rotatable bonds is 6. The van der Waals surface area contributed by atoms with Gasteiger partial charge in [0.15, 0.2) is 11.5 Å². The summed E-state index contributed by atoms with van der Waals surface area (Å²) >= 11 is 0. The van der Waals surface area contributed by atoms with Gasteiger partial charge < -0.3 is 35.0 Å². The molecular formula is C31H35F3N10O5. The lowest BCUT2D eigenvalue weighted by Crippen LogP contribution is -2.57. The van der Waals surface area contributed by atoms with Crippen LogP contribution in [0.2, 0.25) is 0 Å². The van der Waals surface area contributed by atoms with Crippen molar-refractivity contribution in [3.63, 3.8) is 0 Å². The van der Waals surface area contributed by atoms with Crippen LogP contribution in [0.25, 0.3) is 11.3 Å². The highest BCUT2D eigenvalue weighted by molar-refractivity contribution is 6.03. The van der Waals surface area contributed by atoms with Crippen LogP contribution in [-0.2, 0) is 31.0 Å². The first kappa shape index (κ1) is 34.9. The van der Waals surface area contributed by atoms with Gasteiger partial charge in [-0.15, -0.1) is 0 Å². The van der Waals surface area contributed by atoms with Gasteiger partial charge in [0.05, 0.1) is 23.5 Å². The molecule has 3 aliphatic rings. The number of nitriles is 1. The predicted molar refractivity (Wildman–Crippen MR) is 167 cm³/mol. The quantitative estimate of drug-likeness (QED) is 0.328. The predicted octanol–water partition coefficient (Wildman–Crippen LogP) is 2.27. The SMILES string of the molecule is CCc1cc(NC(=O)c2ncc(-c3cn(CC#N)nc3C(F)(F)F)n2C)ccc1C(=O)N1CCN(C(=O)N2CC3CC2CN3)CC1.O=CO. The number of carboxylic acid groups (broad SMARTS) is 1. The van der Waals surface area contributed by atoms with Crippen LogP contribution in [0.4, 0.5) is 23.7 Å². The number of halogens is 3. The molecular weight excluding hydrogens is 649 g/mol. The van der Waals surface area contributed by atoms with E-state index in [0.717, 1.165) is 36.6 Å². The number of anilines is 1. The average molecular weight is 685 g/mol. The number of amides is 4. The van der Waals surface area contributed by atoms with E-state index in [0.29, 0.717) is 55.5 Å². The normalized spacial score (nSPS) is 18.5. The number of piperazine rings is 2. The monoisotopic (exact) mass is 684 g/mol. The molecule has 3 aliphatic heterocycles. The number of hydrogen-bond acceptors (Lipinski definition) is 8. The van der Waals surface area contributed by atoms with Crippen molar-refractivity contribution in [2.24, 2.45) is 7.05 Å². The fraction of sp³-hybridized carbons (Fsp3) is 0.452. The Bertz CT molecular complexity index is 1770. The molecule has 6 rings (SSSR count). The van der Waals surface area contributed by atoms with E-state index in [1.54, 1.807) is 29.2 Å². The number of nitrogens with zero attached hydrogens (tertiary/aromatic N) is 8. The van der Waals surface area contributed by atoms with Crippen LogP contribution in [0.15, 0.2) is 30.6 Å². The summed E-state index contributed by atoms with van der Waals surface area (Å²) in [4.78, 5) is 57.6. The molecule has 3 N–H and O–H groups in total. The van der Waals surface area contributed by atoms with Gasteiger partial charge in [0.1, 0.15) is 6.54 Å². The molecule has 3 saturated heterocycles. The standard InChI is InChI=1S/C30H33F3N10O3.CH2O2/c1-3-18-12-19(37-27(44)26-36-15-24(39(26)2)23-17-42(7-6-34)38-25(23)30(31,32)33)4-5-22(18)28(45)40-8-10-41(11-9-40)29(46)43-16-20-13-21(43)14-35-20;2-1-3/h4-5,12,15,17,20-21,35H,3,7-11,13-14,16H2,1-2H3,(H,37,44);1H,(H,2,3). The summed E-state index contributed by atoms with van der Waals surface area (Å²) in [6.07, 6.45) is -1.04. The van der Waals surface area contributed by atoms with Crippen molar-refractivity contribution >= 4 is 30.0 Å². The number of hydrogen-bond donors (Lipinski definition) is 3. The number of carbonyl (C=O) groups excluding carboxylic acids is 3. The minimum Gasteiger partial charge on any atom is -0.483 e. The first-order chi connectivity index (χ1) is 23.4. The topological polar surface area (TPSA) is 182 Å². The molecule has 3 fully saturated rings. The zero-order chi connectivity index (χ0) is 35.5. The Hall–Kier alpha value is -5.44. The Kier molecular flexibility index (Phi) is 10.2. The zero-order valence-corrected chi connectivity index (χ0v) is 26.8. The van der Waals surface area contributed by atoms with Crippen molar-refractivity contribution in [1.82, 2.24) is 39.3 Å². The molecule has 0 aliphatic carbocycles. The molecule has 1 aromatic carbocycles. The molecule has 260 valence electrons. The van der Waals surface area contributed by atoms with Crippen molar-refractivity contribution < 1.29 is 37.5 Å². The molecule has 5 heterocycles. The number of fused-ring (bicyclic) bond motifs is 2. The highest BCUT2D eigenvalue weighted by Crippen LogP contribution is 2.36. The smallest absolute Gasteiger partial charge is 0.435 e. The van der Waals surface area contributed by atoms with E-state index >= 15 is 0 Å². The minimum absolute atomic E-state index is 0.00308. The van der Waals surface area contributed by atoms with Gasteiger partial charge in [-0.05, 0) is 36.6 Å². The maximum absolute atomic E-state index is 13.7. The van der Waals surface area contributed by atoms with Gasteiger partial charge in [0, 0.05) is 75.8 Å². The molecule has 2 unspecified atom stereocenters. The molecule has 49 heavy (non-hydrogen) atoms. The van der Waals surface area contributed by atoms with Crippen LogP contribution in [0.1, 0.15) is 45.6 Å². The number of urea groups is 1. The number of likely N-dealkylation sites (tertiary alicyclic amines) is 1. The Labute approximate surface area is 278 Å². The largest absolute Gasteiger partial charge is 0.483 e. The Morgan fingerprint density at radius 3 is 2.47 bits per heavy atom. The van der Waals surface area contributed by atoms with Crippen LogP contribution in [-0.4, -0.2) is 115 Å². The van der Waals surface area contributed by atoms with E-state index in [4.69, 9.17) is 15.2 Å². The number of imidazole rings is 1. The lowest BCUT2D eigenvalue weighted by molar-refractivity contribution is -0.141. The third-order valence-corrected chi connectivity index (χ3v) is 8.84. The second-order valence-electron chi connectivity index (χ2n) is 11.8. The van der Waals surface area contributed by atoms with Crippen LogP contribution >= 0.6 is 0 Å². The summed E-state index contributed by atoms with van der Waals surface area (Å²) < 4.78 is 43.1. The zero-order valence-electron chi connectivity index (χ0n) is 26.8. The highest BCUT2D eigenvalue weighted by Gasteiger charge is 2.42. The van der Waals surface area contributed by atoms with Gasteiger partial charge in [-0.3, -0.25) is 19.1 Å². The molecule has 0 spiro atoms. The molecule has 3 aromatic rings. The minimum atomic E-state index is -4.78. The summed E-state index contributed by atoms with van der Waals surface area (Å²) in [6.45, 7) is 4.56. The summed E-state index contributed by atoms with van der Waals surface area (Å²) in [5.74, 6) is -0.951. The maximum atomic E-state index is 13.7. The van der Waals surface area contributed by atoms with Gasteiger partial charge in [0.2, 0.25) is 0 Å². The number of aryl methyl sites for hydroxylation is 1. The third kappa shape index (κ3) is 7.21. The van der Waals surface area contributed by atoms with Crippen LogP contribution < -0.4 is 10.6 Å². The lowest BCUT2D eigenvalue weighted by Gasteiger charge is -2.39. The average Bonchev–Trinajstić information content (AvgIpc) is 3.89. The molecule has 4 amide bonds. The molecule has 0 radical (unpaired) electrons. The molecule has 15 nitrogen and oxygen atoms in total. The number of aromatic nitrogens is 4. The van der Waals surface area contributed by atoms with E-state index in [2.05, 4.69) is 20.7 Å². The fourth-order valence-electron chi connectivity index (χ4n) is 6.45. The highest BCUT2D eigenvalue weighted by atomic mass is 19.4. The van der Waals surface area contributed by atoms with Crippen LogP contribution in [0, 0.1) is 11.3 Å². The van der Waals surface area contributed by atoms with Crippen molar-refractivity contribution in [2.75, 3.05) is 44.6 Å². The van der Waals surface area contributed by atoms with E-state index < -0.39 is 17.8 Å². The maximum Gasteiger partial charge on any atom is 0.435 e. The molecule has 2 bridgehead atoms. The first-order valence-corrected chi connectivity index (χ1v) is 15.5. The molecule has 2 atom stereocenters. The number of carbonyl (C=O) groups is 4. The third-order valence-electron chi connectivity index (χ3n) is 8.84. The van der Waals surface area contributed by atoms with Crippen molar-refractivity contribution in [3.05, 3.63) is 53.2 Å². The van der Waals surface area contributed by atoms with E-state index in [1.165, 1.54) is 11.6 Å². The number of benzene rings is 1. The van der Waals surface area contributed by atoms with Gasteiger partial charge in [-0.25, -0.2) is 9.78 Å². The van der Waals surface area contributed by atoms with Crippen molar-refractivity contribution in [2.45, 2.75) is 44.6 Å². The fourth-order valence-corrected chi connectivity index (χ4v) is 6.45. The van der Waals surface area contributed by atoms with Gasteiger partial charge in [-0.2, -0.15) is 23.5 Å². The van der Waals surface area contributed by atoms with Gasteiger partial charge in [0.25, 0.3) is 18.3 Å². The number of alkyl halides is 3. The summed E-state index contributed by atoms with van der Waals surface area (Å²) in [5, 5.41) is 25.4. The van der Waals surface area contributed by atoms with Crippen LogP contribution in [0.5, 0.6) is 0 Å². The van der Waals surface area contributed by atoms with E-state index in [1.807, 2.05) is 16.7 Å². The Balaban J connectivity index is 0.00000151. The lowest BCUT2D eigenvalue weighted by atomic mass is 10.0. The second kappa shape index (κ2) is 14.4. The summed E-state index contributed by atoms with van der Waals surface area (Å²) in [7, 11) is 1.41. The molecule has 0 saturated carbocycles. The molecule has 18 heteroatoms. The van der Waals surface area contributed by atoms with Crippen molar-refractivity contribution in [3.8, 4) is 17.3 Å². The van der Waals surface area contributed by atoms with Crippen molar-refractivity contribution in [1.29, 1.82) is 5.26 Å². The van der Waals surface area contributed by atoms with E-state index in [9.17, 15) is 27.6 Å². The number of nitrogens with one attached hydrogen (secondary N) is 2.